The SMILES string of the molecule is CSc1ccc([N+](=O)[O-])cn1.O=[N+]([O-])c1ccc(=S)[nH]c1. The monoisotopic (exact) mass is 326 g/mol. The van der Waals surface area contributed by atoms with E-state index in [4.69, 9.17) is 0 Å². The predicted octanol–water partition coefficient (Wildman–Crippen LogP) is 3.36. The van der Waals surface area contributed by atoms with Crippen LogP contribution in [0.1, 0.15) is 0 Å². The van der Waals surface area contributed by atoms with Gasteiger partial charge in [-0.1, -0.05) is 12.2 Å². The molecular weight excluding hydrogens is 316 g/mol. The van der Waals surface area contributed by atoms with Gasteiger partial charge < -0.3 is 4.98 Å². The summed E-state index contributed by atoms with van der Waals surface area (Å²) in [5.41, 5.74) is 0.0522. The van der Waals surface area contributed by atoms with Crippen molar-refractivity contribution >= 4 is 35.4 Å². The Kier molecular flexibility index (Phi) is 6.43. The van der Waals surface area contributed by atoms with Crippen LogP contribution >= 0.6 is 24.0 Å². The number of nitro groups is 2. The lowest BCUT2D eigenvalue weighted by Gasteiger charge is -1.92. The van der Waals surface area contributed by atoms with Gasteiger partial charge in [0.15, 0.2) is 0 Å². The summed E-state index contributed by atoms with van der Waals surface area (Å²) in [4.78, 5) is 25.7. The van der Waals surface area contributed by atoms with Gasteiger partial charge >= 0.3 is 0 Å². The number of nitrogens with zero attached hydrogens (tertiary/aromatic N) is 3. The number of rotatable bonds is 3. The highest BCUT2D eigenvalue weighted by Crippen LogP contribution is 2.14. The predicted molar refractivity (Wildman–Crippen MR) is 81.0 cm³/mol. The molecule has 0 spiro atoms. The summed E-state index contributed by atoms with van der Waals surface area (Å²) in [7, 11) is 0. The third kappa shape index (κ3) is 5.67. The highest BCUT2D eigenvalue weighted by molar-refractivity contribution is 7.98. The molecule has 0 aliphatic carbocycles. The van der Waals surface area contributed by atoms with E-state index in [0.29, 0.717) is 4.64 Å². The Morgan fingerprint density at radius 2 is 1.76 bits per heavy atom. The van der Waals surface area contributed by atoms with Gasteiger partial charge in [-0.15, -0.1) is 11.8 Å². The minimum atomic E-state index is -0.481. The van der Waals surface area contributed by atoms with Crippen LogP contribution in [0.2, 0.25) is 0 Å². The first kappa shape index (κ1) is 16.7. The summed E-state index contributed by atoms with van der Waals surface area (Å²) in [6.07, 6.45) is 4.39. The topological polar surface area (TPSA) is 115 Å². The van der Waals surface area contributed by atoms with Crippen molar-refractivity contribution in [2.75, 3.05) is 6.26 Å². The lowest BCUT2D eigenvalue weighted by molar-refractivity contribution is -0.385. The average molecular weight is 326 g/mol. The van der Waals surface area contributed by atoms with E-state index < -0.39 is 9.85 Å². The van der Waals surface area contributed by atoms with Gasteiger partial charge in [-0.25, -0.2) is 4.98 Å². The smallest absolute Gasteiger partial charge is 0.287 e. The number of hydrogen-bond donors (Lipinski definition) is 1. The molecule has 1 N–H and O–H groups in total. The molecular formula is C11H10N4O4S2. The Morgan fingerprint density at radius 1 is 1.14 bits per heavy atom. The second kappa shape index (κ2) is 8.07. The molecule has 0 radical (unpaired) electrons. The number of aromatic nitrogens is 2. The zero-order chi connectivity index (χ0) is 15.8. The molecule has 110 valence electrons. The maximum absolute atomic E-state index is 10.2. The summed E-state index contributed by atoms with van der Waals surface area (Å²) < 4.78 is 0.491. The molecule has 0 aromatic carbocycles. The van der Waals surface area contributed by atoms with Crippen molar-refractivity contribution in [2.45, 2.75) is 5.03 Å². The van der Waals surface area contributed by atoms with Crippen molar-refractivity contribution in [1.82, 2.24) is 9.97 Å². The minimum Gasteiger partial charge on any atom is -0.347 e. The molecule has 8 nitrogen and oxygen atoms in total. The number of thioether (sulfide) groups is 1. The van der Waals surface area contributed by atoms with Crippen molar-refractivity contribution < 1.29 is 9.85 Å². The molecule has 0 saturated heterocycles. The molecule has 2 aromatic rings. The average Bonchev–Trinajstić information content (AvgIpc) is 2.48. The molecule has 0 atom stereocenters. The lowest BCUT2D eigenvalue weighted by Crippen LogP contribution is -1.88. The molecule has 2 rings (SSSR count). The van der Waals surface area contributed by atoms with E-state index in [1.165, 1.54) is 42.4 Å². The van der Waals surface area contributed by atoms with E-state index in [1.54, 1.807) is 6.07 Å². The quantitative estimate of drug-likeness (QED) is 0.398. The van der Waals surface area contributed by atoms with Gasteiger partial charge in [-0.05, 0) is 18.4 Å². The molecule has 0 aliphatic heterocycles. The standard InChI is InChI=1S/C6H6N2O2S.C5H4N2O2S/c1-11-6-3-2-5(4-7-6)8(9)10;8-7(9)4-1-2-5(10)6-3-4/h2-4H,1H3;1-3H,(H,6,10). The minimum absolute atomic E-state index is 0.0219. The maximum atomic E-state index is 10.2. The zero-order valence-corrected chi connectivity index (χ0v) is 12.4. The van der Waals surface area contributed by atoms with Gasteiger partial charge in [0.1, 0.15) is 10.8 Å². The largest absolute Gasteiger partial charge is 0.347 e. The van der Waals surface area contributed by atoms with Crippen LogP contribution in [0, 0.1) is 24.9 Å². The highest BCUT2D eigenvalue weighted by Gasteiger charge is 2.03. The molecule has 2 aromatic heterocycles. The first-order chi connectivity index (χ1) is 9.93. The van der Waals surface area contributed by atoms with Crippen LogP contribution in [-0.2, 0) is 0 Å². The van der Waals surface area contributed by atoms with Crippen LogP contribution in [0.3, 0.4) is 0 Å². The van der Waals surface area contributed by atoms with Crippen molar-refractivity contribution in [3.8, 4) is 0 Å². The van der Waals surface area contributed by atoms with Crippen LogP contribution in [0.4, 0.5) is 11.4 Å². The first-order valence-corrected chi connectivity index (χ1v) is 7.05. The lowest BCUT2D eigenvalue weighted by atomic mass is 10.4. The second-order valence-electron chi connectivity index (χ2n) is 3.48. The number of hydrogen-bond acceptors (Lipinski definition) is 7. The Balaban J connectivity index is 0.000000211. The molecule has 0 bridgehead atoms. The fourth-order valence-electron chi connectivity index (χ4n) is 1.12. The third-order valence-electron chi connectivity index (χ3n) is 2.12. The van der Waals surface area contributed by atoms with E-state index >= 15 is 0 Å². The molecule has 21 heavy (non-hydrogen) atoms. The fraction of sp³-hybridized carbons (Fsp3) is 0.0909. The summed E-state index contributed by atoms with van der Waals surface area (Å²) >= 11 is 6.14. The van der Waals surface area contributed by atoms with Crippen LogP contribution in [0.25, 0.3) is 0 Å². The molecule has 0 aliphatic rings. The van der Waals surface area contributed by atoms with Crippen LogP contribution in [0.15, 0.2) is 41.7 Å². The molecule has 0 saturated carbocycles. The number of nitrogens with one attached hydrogen (secondary N) is 1. The Hall–Kier alpha value is -2.33. The van der Waals surface area contributed by atoms with Crippen molar-refractivity contribution in [3.63, 3.8) is 0 Å². The van der Waals surface area contributed by atoms with Crippen LogP contribution in [0.5, 0.6) is 0 Å². The summed E-state index contributed by atoms with van der Waals surface area (Å²) in [5.74, 6) is 0. The first-order valence-electron chi connectivity index (χ1n) is 5.41. The zero-order valence-electron chi connectivity index (χ0n) is 10.8. The van der Waals surface area contributed by atoms with Gasteiger partial charge in [0.2, 0.25) is 0 Å². The van der Waals surface area contributed by atoms with E-state index in [0.717, 1.165) is 5.03 Å². The van der Waals surface area contributed by atoms with E-state index in [1.807, 2.05) is 6.26 Å². The van der Waals surface area contributed by atoms with Gasteiger partial charge in [0.25, 0.3) is 11.4 Å². The van der Waals surface area contributed by atoms with Gasteiger partial charge in [-0.3, -0.25) is 20.2 Å². The summed E-state index contributed by atoms with van der Waals surface area (Å²) in [5, 5.41) is 21.0. The number of aromatic amines is 1. The van der Waals surface area contributed by atoms with Gasteiger partial charge in [-0.2, -0.15) is 0 Å². The molecule has 0 fully saturated rings. The van der Waals surface area contributed by atoms with Crippen molar-refractivity contribution in [3.05, 3.63) is 61.5 Å². The van der Waals surface area contributed by atoms with Crippen LogP contribution < -0.4 is 0 Å². The fourth-order valence-corrected chi connectivity index (χ4v) is 1.61. The van der Waals surface area contributed by atoms with Crippen molar-refractivity contribution in [1.29, 1.82) is 0 Å². The van der Waals surface area contributed by atoms with Gasteiger partial charge in [0.05, 0.1) is 21.1 Å². The highest BCUT2D eigenvalue weighted by atomic mass is 32.2. The van der Waals surface area contributed by atoms with Crippen LogP contribution in [-0.4, -0.2) is 26.1 Å². The Morgan fingerprint density at radius 3 is 2.14 bits per heavy atom. The molecule has 0 amide bonds. The maximum Gasteiger partial charge on any atom is 0.287 e. The van der Waals surface area contributed by atoms with E-state index in [9.17, 15) is 20.2 Å². The normalized spacial score (nSPS) is 9.38. The third-order valence-corrected chi connectivity index (χ3v) is 3.03. The van der Waals surface area contributed by atoms with E-state index in [-0.39, 0.29) is 11.4 Å². The van der Waals surface area contributed by atoms with Gasteiger partial charge in [0, 0.05) is 12.1 Å². The Bertz CT molecular complexity index is 667. The summed E-state index contributed by atoms with van der Waals surface area (Å²) in [6.45, 7) is 0. The van der Waals surface area contributed by atoms with Crippen molar-refractivity contribution in [2.24, 2.45) is 0 Å². The molecule has 0 unspecified atom stereocenters. The van der Waals surface area contributed by atoms with E-state index in [2.05, 4.69) is 22.2 Å². The molecule has 2 heterocycles. The molecule has 10 heteroatoms. The second-order valence-corrected chi connectivity index (χ2v) is 4.75. The Labute approximate surface area is 128 Å². The summed E-state index contributed by atoms with van der Waals surface area (Å²) in [6, 6.07) is 5.91. The number of pyridine rings is 2. The number of H-pyrrole nitrogens is 1.